The minimum absolute atomic E-state index is 0.0960. The van der Waals surface area contributed by atoms with E-state index >= 15 is 0 Å². The lowest BCUT2D eigenvalue weighted by molar-refractivity contribution is -0.140. The van der Waals surface area contributed by atoms with Crippen molar-refractivity contribution in [3.63, 3.8) is 0 Å². The monoisotopic (exact) mass is 841 g/mol. The number of allylic oxidation sites excluding steroid dienone is 2. The standard InChI is InChI=1S/C51H92N4O5/c1-43(2,3)39(56)49(52-46(10,11)12,30-25-21-22-26-31-51(41(58)45(7,8)9)32-28-35-55(51)48(16,17)18)29-24-20-19-23-27-38-60-42(59)54-36-33-50(34-37-54,53-47(13,14)15)40(57)44(4,5)6/h19,22-23,26,52-53H,20-21,24-25,27-38H2,1-18H3/b23-19+,26-22+/t49?,51-/m0/s1. The zero-order chi connectivity index (χ0) is 46.2. The first-order chi connectivity index (χ1) is 27.1. The molecule has 0 saturated carbocycles. The van der Waals surface area contributed by atoms with Gasteiger partial charge in [-0.3, -0.25) is 19.3 Å². The average Bonchev–Trinajstić information content (AvgIpc) is 3.53. The fourth-order valence-corrected chi connectivity index (χ4v) is 9.96. The van der Waals surface area contributed by atoms with Crippen molar-refractivity contribution in [3.05, 3.63) is 24.3 Å². The predicted molar refractivity (Wildman–Crippen MR) is 250 cm³/mol. The van der Waals surface area contributed by atoms with Gasteiger partial charge in [0.1, 0.15) is 0 Å². The van der Waals surface area contributed by atoms with Gasteiger partial charge in [0.2, 0.25) is 0 Å². The molecule has 0 radical (unpaired) electrons. The van der Waals surface area contributed by atoms with Crippen molar-refractivity contribution in [1.29, 1.82) is 0 Å². The highest BCUT2D eigenvalue weighted by Crippen LogP contribution is 2.43. The maximum atomic E-state index is 14.4. The van der Waals surface area contributed by atoms with E-state index in [9.17, 15) is 19.2 Å². The van der Waals surface area contributed by atoms with Gasteiger partial charge in [-0.1, -0.05) is 86.6 Å². The third-order valence-electron chi connectivity index (χ3n) is 12.0. The summed E-state index contributed by atoms with van der Waals surface area (Å²) in [4.78, 5) is 59.1. The SMILES string of the molecule is CC(C)(C)NC(CCC/C=C/CCOC(=O)N1CCC(NC(C)(C)C)(C(=O)C(C)(C)C)CC1)(CCC/C=C/C[C@@]1(C(=O)C(C)(C)C)CCCN1C(C)(C)C)C(=O)C(C)(C)C. The van der Waals surface area contributed by atoms with E-state index in [4.69, 9.17) is 4.74 Å². The van der Waals surface area contributed by atoms with Gasteiger partial charge in [0.15, 0.2) is 17.3 Å². The number of ketones is 3. The molecule has 60 heavy (non-hydrogen) atoms. The van der Waals surface area contributed by atoms with E-state index in [1.807, 2.05) is 62.3 Å². The van der Waals surface area contributed by atoms with E-state index < -0.39 is 32.9 Å². The lowest BCUT2D eigenvalue weighted by atomic mass is 9.72. The highest BCUT2D eigenvalue weighted by atomic mass is 16.6. The summed E-state index contributed by atoms with van der Waals surface area (Å²) in [6, 6.07) is 0. The fraction of sp³-hybridized carbons (Fsp3) is 0.843. The minimum Gasteiger partial charge on any atom is -0.449 e. The summed E-state index contributed by atoms with van der Waals surface area (Å²) in [5.41, 5.74) is -3.80. The highest BCUT2D eigenvalue weighted by molar-refractivity contribution is 5.94. The number of carbonyl (C=O) groups excluding carboxylic acids is 4. The van der Waals surface area contributed by atoms with Gasteiger partial charge in [-0.05, 0) is 146 Å². The Kier molecular flexibility index (Phi) is 18.3. The van der Waals surface area contributed by atoms with Crippen LogP contribution in [0.25, 0.3) is 0 Å². The molecule has 346 valence electrons. The average molecular weight is 841 g/mol. The van der Waals surface area contributed by atoms with Crippen LogP contribution in [0.1, 0.15) is 202 Å². The normalized spacial score (nSPS) is 21.1. The molecule has 1 unspecified atom stereocenters. The van der Waals surface area contributed by atoms with Crippen molar-refractivity contribution in [2.24, 2.45) is 16.2 Å². The molecule has 2 aliphatic heterocycles. The molecule has 0 aromatic heterocycles. The first kappa shape index (κ1) is 53.8. The molecule has 2 N–H and O–H groups in total. The maximum Gasteiger partial charge on any atom is 0.409 e. The number of hydrogen-bond acceptors (Lipinski definition) is 8. The van der Waals surface area contributed by atoms with Crippen molar-refractivity contribution in [2.75, 3.05) is 26.2 Å². The summed E-state index contributed by atoms with van der Waals surface area (Å²) < 4.78 is 5.67. The molecule has 0 bridgehead atoms. The second-order valence-corrected chi connectivity index (χ2v) is 24.4. The van der Waals surface area contributed by atoms with Gasteiger partial charge in [-0.15, -0.1) is 0 Å². The van der Waals surface area contributed by atoms with E-state index in [0.717, 1.165) is 57.9 Å². The van der Waals surface area contributed by atoms with Crippen LogP contribution in [-0.2, 0) is 19.1 Å². The van der Waals surface area contributed by atoms with E-state index in [1.165, 1.54) is 0 Å². The molecule has 9 heteroatoms. The van der Waals surface area contributed by atoms with Crippen molar-refractivity contribution >= 4 is 23.4 Å². The van der Waals surface area contributed by atoms with Crippen LogP contribution in [-0.4, -0.2) is 92.7 Å². The van der Waals surface area contributed by atoms with Crippen LogP contribution in [0.5, 0.6) is 0 Å². The smallest absolute Gasteiger partial charge is 0.409 e. The number of carbonyl (C=O) groups is 4. The summed E-state index contributed by atoms with van der Waals surface area (Å²) in [5, 5.41) is 7.43. The van der Waals surface area contributed by atoms with Crippen LogP contribution in [0.3, 0.4) is 0 Å². The Morgan fingerprint density at radius 2 is 1.10 bits per heavy atom. The van der Waals surface area contributed by atoms with Crippen molar-refractivity contribution in [1.82, 2.24) is 20.4 Å². The first-order valence-electron chi connectivity index (χ1n) is 23.3. The third kappa shape index (κ3) is 15.5. The van der Waals surface area contributed by atoms with Gasteiger partial charge in [0, 0.05) is 46.0 Å². The molecule has 2 heterocycles. The van der Waals surface area contributed by atoms with E-state index in [-0.39, 0.29) is 34.3 Å². The van der Waals surface area contributed by atoms with E-state index in [2.05, 4.69) is 102 Å². The molecule has 0 spiro atoms. The van der Waals surface area contributed by atoms with Crippen molar-refractivity contribution < 1.29 is 23.9 Å². The molecular weight excluding hydrogens is 749 g/mol. The number of rotatable bonds is 18. The Morgan fingerprint density at radius 3 is 1.55 bits per heavy atom. The molecule has 0 aromatic carbocycles. The molecule has 0 aliphatic carbocycles. The van der Waals surface area contributed by atoms with Crippen LogP contribution in [0.15, 0.2) is 24.3 Å². The summed E-state index contributed by atoms with van der Waals surface area (Å²) in [7, 11) is 0. The lowest BCUT2D eigenvalue weighted by Crippen LogP contribution is -2.65. The Bertz CT molecular complexity index is 1500. The molecule has 1 amide bonds. The number of amides is 1. The zero-order valence-electron chi connectivity index (χ0n) is 42.1. The second kappa shape index (κ2) is 20.4. The molecule has 2 atom stereocenters. The van der Waals surface area contributed by atoms with E-state index in [1.54, 1.807) is 4.90 Å². The second-order valence-electron chi connectivity index (χ2n) is 24.4. The number of hydrogen-bond donors (Lipinski definition) is 2. The highest BCUT2D eigenvalue weighted by Gasteiger charge is 2.53. The van der Waals surface area contributed by atoms with Crippen LogP contribution >= 0.6 is 0 Å². The van der Waals surface area contributed by atoms with Gasteiger partial charge in [0.05, 0.1) is 23.2 Å². The van der Waals surface area contributed by atoms with Crippen LogP contribution in [0, 0.1) is 16.2 Å². The largest absolute Gasteiger partial charge is 0.449 e. The van der Waals surface area contributed by atoms with Crippen LogP contribution in [0.4, 0.5) is 4.79 Å². The number of piperidine rings is 1. The van der Waals surface area contributed by atoms with Gasteiger partial charge < -0.3 is 20.3 Å². The topological polar surface area (TPSA) is 108 Å². The summed E-state index contributed by atoms with van der Waals surface area (Å²) in [6.45, 7) is 39.6. The number of likely N-dealkylation sites (tertiary alicyclic amines) is 2. The predicted octanol–water partition coefficient (Wildman–Crippen LogP) is 11.2. The number of Topliss-reactive ketones (excluding diaryl/α,β-unsaturated/α-hetero) is 3. The number of nitrogens with zero attached hydrogens (tertiary/aromatic N) is 2. The maximum absolute atomic E-state index is 14.4. The van der Waals surface area contributed by atoms with Crippen molar-refractivity contribution in [2.45, 2.75) is 235 Å². The van der Waals surface area contributed by atoms with Crippen molar-refractivity contribution in [3.8, 4) is 0 Å². The lowest BCUT2D eigenvalue weighted by Gasteiger charge is -2.47. The summed E-state index contributed by atoms with van der Waals surface area (Å²) in [5.74, 6) is 0.769. The number of unbranched alkanes of at least 4 members (excludes halogenated alkanes) is 2. The number of ether oxygens (including phenoxy) is 1. The molecule has 2 aliphatic rings. The molecule has 0 aromatic rings. The molecule has 2 saturated heterocycles. The zero-order valence-corrected chi connectivity index (χ0v) is 42.1. The van der Waals surface area contributed by atoms with E-state index in [0.29, 0.717) is 51.2 Å². The van der Waals surface area contributed by atoms with Crippen LogP contribution in [0.2, 0.25) is 0 Å². The van der Waals surface area contributed by atoms with Gasteiger partial charge >= 0.3 is 6.09 Å². The molecule has 2 rings (SSSR count). The summed E-state index contributed by atoms with van der Waals surface area (Å²) in [6.07, 6.45) is 17.6. The third-order valence-corrected chi connectivity index (χ3v) is 12.0. The first-order valence-corrected chi connectivity index (χ1v) is 23.3. The van der Waals surface area contributed by atoms with Crippen LogP contribution < -0.4 is 10.6 Å². The Morgan fingerprint density at radius 1 is 0.600 bits per heavy atom. The molecule has 2 fully saturated rings. The van der Waals surface area contributed by atoms with Gasteiger partial charge in [0.25, 0.3) is 0 Å². The quantitative estimate of drug-likeness (QED) is 0.104. The fourth-order valence-electron chi connectivity index (χ4n) is 9.96. The van der Waals surface area contributed by atoms with Gasteiger partial charge in [-0.25, -0.2) is 4.79 Å². The minimum atomic E-state index is -0.669. The Hall–Kier alpha value is -2.36. The molecular formula is C51H92N4O5. The molecule has 9 nitrogen and oxygen atoms in total. The van der Waals surface area contributed by atoms with Gasteiger partial charge in [-0.2, -0.15) is 0 Å². The summed E-state index contributed by atoms with van der Waals surface area (Å²) >= 11 is 0. The Labute approximate surface area is 368 Å². The Balaban J connectivity index is 2.03. The number of nitrogens with one attached hydrogen (secondary N) is 2.